The Balaban J connectivity index is 3.10. The first-order chi connectivity index (χ1) is 8.69. The summed E-state index contributed by atoms with van der Waals surface area (Å²) in [4.78, 5) is 12.5. The minimum atomic E-state index is 0.0812. The lowest BCUT2D eigenvalue weighted by atomic mass is 10.3. The Morgan fingerprint density at radius 3 is 2.00 bits per heavy atom. The molecular weight excluding hydrogens is 230 g/mol. The van der Waals surface area contributed by atoms with Crippen molar-refractivity contribution in [3.05, 3.63) is 6.33 Å². The van der Waals surface area contributed by atoms with E-state index in [1.165, 1.54) is 6.33 Å². The van der Waals surface area contributed by atoms with E-state index in [9.17, 15) is 0 Å². The van der Waals surface area contributed by atoms with Crippen molar-refractivity contribution in [2.45, 2.75) is 20.8 Å². The van der Waals surface area contributed by atoms with Gasteiger partial charge in [-0.05, 0) is 20.8 Å². The molecule has 0 unspecified atom stereocenters. The van der Waals surface area contributed by atoms with Gasteiger partial charge in [-0.1, -0.05) is 0 Å². The smallest absolute Gasteiger partial charge is 0.157 e. The van der Waals surface area contributed by atoms with Crippen LogP contribution >= 0.6 is 0 Å². The second-order valence-electron chi connectivity index (χ2n) is 3.91. The van der Waals surface area contributed by atoms with Crippen LogP contribution in [0.1, 0.15) is 20.8 Å². The van der Waals surface area contributed by atoms with E-state index in [4.69, 9.17) is 10.8 Å². The lowest BCUT2D eigenvalue weighted by Gasteiger charge is -2.26. The van der Waals surface area contributed by atoms with Crippen LogP contribution < -0.4 is 15.5 Å². The fourth-order valence-corrected chi connectivity index (χ4v) is 1.94. The van der Waals surface area contributed by atoms with Crippen molar-refractivity contribution in [2.75, 3.05) is 48.3 Å². The summed E-state index contributed by atoms with van der Waals surface area (Å²) in [6.45, 7) is 9.19. The van der Waals surface area contributed by atoms with Crippen molar-refractivity contribution < 1.29 is 5.11 Å². The van der Waals surface area contributed by atoms with Crippen LogP contribution in [-0.4, -0.2) is 47.9 Å². The molecule has 0 saturated carbocycles. The number of rotatable bonds is 7. The predicted molar refractivity (Wildman–Crippen MR) is 75.0 cm³/mol. The van der Waals surface area contributed by atoms with Crippen molar-refractivity contribution in [1.29, 1.82) is 0 Å². The summed E-state index contributed by atoms with van der Waals surface area (Å²) >= 11 is 0. The second-order valence-corrected chi connectivity index (χ2v) is 3.91. The number of hydrogen-bond acceptors (Lipinski definition) is 6. The third-order valence-corrected chi connectivity index (χ3v) is 2.96. The molecule has 0 bridgehead atoms. The van der Waals surface area contributed by atoms with E-state index in [1.807, 2.05) is 11.8 Å². The topological polar surface area (TPSA) is 78.5 Å². The van der Waals surface area contributed by atoms with E-state index < -0.39 is 0 Å². The van der Waals surface area contributed by atoms with E-state index in [0.29, 0.717) is 18.1 Å². The van der Waals surface area contributed by atoms with Gasteiger partial charge in [0, 0.05) is 26.2 Å². The molecule has 1 rings (SSSR count). The zero-order chi connectivity index (χ0) is 13.5. The summed E-state index contributed by atoms with van der Waals surface area (Å²) < 4.78 is 0. The normalized spacial score (nSPS) is 10.4. The van der Waals surface area contributed by atoms with E-state index >= 15 is 0 Å². The van der Waals surface area contributed by atoms with Gasteiger partial charge in [-0.3, -0.25) is 0 Å². The first-order valence-electron chi connectivity index (χ1n) is 6.40. The highest BCUT2D eigenvalue weighted by molar-refractivity contribution is 5.75. The lowest BCUT2D eigenvalue weighted by molar-refractivity contribution is 0.302. The average Bonchev–Trinajstić information content (AvgIpc) is 2.39. The molecule has 1 heterocycles. The number of likely N-dealkylation sites (N-methyl/N-ethyl adjacent to an activating group) is 1. The van der Waals surface area contributed by atoms with Gasteiger partial charge in [-0.2, -0.15) is 0 Å². The molecule has 18 heavy (non-hydrogen) atoms. The Morgan fingerprint density at radius 1 is 1.06 bits per heavy atom. The second kappa shape index (κ2) is 7.00. The molecule has 0 aliphatic carbocycles. The van der Waals surface area contributed by atoms with Crippen molar-refractivity contribution in [1.82, 2.24) is 9.97 Å². The van der Waals surface area contributed by atoms with E-state index in [1.54, 1.807) is 0 Å². The van der Waals surface area contributed by atoms with Gasteiger partial charge in [0.05, 0.1) is 6.61 Å². The SMILES string of the molecule is CCN(CC)c1ncnc(N(CC)CCO)c1N. The third-order valence-electron chi connectivity index (χ3n) is 2.96. The Morgan fingerprint density at radius 2 is 1.56 bits per heavy atom. The highest BCUT2D eigenvalue weighted by Gasteiger charge is 2.16. The molecular formula is C12H23N5O. The molecule has 0 radical (unpaired) electrons. The van der Waals surface area contributed by atoms with Gasteiger partial charge < -0.3 is 20.6 Å². The Labute approximate surface area is 108 Å². The van der Waals surface area contributed by atoms with Gasteiger partial charge in [-0.25, -0.2) is 9.97 Å². The standard InChI is InChI=1S/C12H23N5O/c1-4-16(5-2)11-10(13)12(15-9-14-11)17(6-3)7-8-18/h9,18H,4-8,13H2,1-3H3. The molecule has 3 N–H and O–H groups in total. The fraction of sp³-hybridized carbons (Fsp3) is 0.667. The summed E-state index contributed by atoms with van der Waals surface area (Å²) in [5.74, 6) is 1.46. The van der Waals surface area contributed by atoms with E-state index in [-0.39, 0.29) is 6.61 Å². The van der Waals surface area contributed by atoms with E-state index in [2.05, 4.69) is 28.7 Å². The van der Waals surface area contributed by atoms with Crippen molar-refractivity contribution >= 4 is 17.3 Å². The monoisotopic (exact) mass is 253 g/mol. The van der Waals surface area contributed by atoms with E-state index in [0.717, 1.165) is 25.5 Å². The number of nitrogens with two attached hydrogens (primary N) is 1. The van der Waals surface area contributed by atoms with Gasteiger partial charge in [0.1, 0.15) is 12.0 Å². The van der Waals surface area contributed by atoms with Crippen LogP contribution in [0.2, 0.25) is 0 Å². The number of anilines is 3. The maximum atomic E-state index is 9.05. The molecule has 0 aliphatic rings. The Kier molecular flexibility index (Phi) is 5.64. The molecule has 0 saturated heterocycles. The minimum Gasteiger partial charge on any atom is -0.395 e. The summed E-state index contributed by atoms with van der Waals surface area (Å²) in [5.41, 5.74) is 6.73. The molecule has 0 fully saturated rings. The zero-order valence-corrected chi connectivity index (χ0v) is 11.4. The first-order valence-corrected chi connectivity index (χ1v) is 6.40. The maximum Gasteiger partial charge on any atom is 0.157 e. The Hall–Kier alpha value is -1.56. The number of aliphatic hydroxyl groups excluding tert-OH is 1. The predicted octanol–water partition coefficient (Wildman–Crippen LogP) is 0.724. The Bertz CT molecular complexity index is 367. The summed E-state index contributed by atoms with van der Waals surface area (Å²) in [6, 6.07) is 0. The largest absolute Gasteiger partial charge is 0.395 e. The van der Waals surface area contributed by atoms with Gasteiger partial charge in [0.2, 0.25) is 0 Å². The molecule has 1 aromatic rings. The molecule has 0 aromatic carbocycles. The van der Waals surface area contributed by atoms with Crippen LogP contribution in [0.5, 0.6) is 0 Å². The summed E-state index contributed by atoms with van der Waals surface area (Å²) in [5, 5.41) is 9.05. The molecule has 1 aromatic heterocycles. The molecule has 0 aliphatic heterocycles. The van der Waals surface area contributed by atoms with Crippen LogP contribution in [0, 0.1) is 0 Å². The van der Waals surface area contributed by atoms with Crippen molar-refractivity contribution in [2.24, 2.45) is 0 Å². The fourth-order valence-electron chi connectivity index (χ4n) is 1.94. The molecule has 102 valence electrons. The van der Waals surface area contributed by atoms with Crippen molar-refractivity contribution in [3.8, 4) is 0 Å². The molecule has 0 spiro atoms. The quantitative estimate of drug-likeness (QED) is 0.745. The summed E-state index contributed by atoms with van der Waals surface area (Å²) in [6.07, 6.45) is 1.53. The number of aromatic nitrogens is 2. The average molecular weight is 253 g/mol. The number of aliphatic hydroxyl groups is 1. The molecule has 0 amide bonds. The van der Waals surface area contributed by atoms with Crippen LogP contribution in [-0.2, 0) is 0 Å². The maximum absolute atomic E-state index is 9.05. The minimum absolute atomic E-state index is 0.0812. The first kappa shape index (κ1) is 14.5. The highest BCUT2D eigenvalue weighted by Crippen LogP contribution is 2.28. The van der Waals surface area contributed by atoms with Gasteiger partial charge >= 0.3 is 0 Å². The van der Waals surface area contributed by atoms with Gasteiger partial charge in [0.15, 0.2) is 11.6 Å². The third kappa shape index (κ3) is 3.01. The number of hydrogen-bond donors (Lipinski definition) is 2. The van der Waals surface area contributed by atoms with Gasteiger partial charge in [-0.15, -0.1) is 0 Å². The zero-order valence-electron chi connectivity index (χ0n) is 11.4. The van der Waals surface area contributed by atoms with Crippen LogP contribution in [0.4, 0.5) is 17.3 Å². The number of nitrogens with zero attached hydrogens (tertiary/aromatic N) is 4. The van der Waals surface area contributed by atoms with Gasteiger partial charge in [0.25, 0.3) is 0 Å². The molecule has 0 atom stereocenters. The van der Waals surface area contributed by atoms with Crippen LogP contribution in [0.3, 0.4) is 0 Å². The molecule has 6 nitrogen and oxygen atoms in total. The highest BCUT2D eigenvalue weighted by atomic mass is 16.3. The van der Waals surface area contributed by atoms with Crippen LogP contribution in [0.25, 0.3) is 0 Å². The number of nitrogen functional groups attached to an aromatic ring is 1. The lowest BCUT2D eigenvalue weighted by Crippen LogP contribution is -2.30. The molecule has 6 heteroatoms. The van der Waals surface area contributed by atoms with Crippen molar-refractivity contribution in [3.63, 3.8) is 0 Å². The van der Waals surface area contributed by atoms with Crippen LogP contribution in [0.15, 0.2) is 6.33 Å². The summed E-state index contributed by atoms with van der Waals surface area (Å²) in [7, 11) is 0.